The number of hydrogen-bond acceptors (Lipinski definition) is 4. The minimum Gasteiger partial charge on any atom is -0.462 e. The first kappa shape index (κ1) is 18.9. The van der Waals surface area contributed by atoms with Crippen LogP contribution in [-0.4, -0.2) is 27.0 Å². The van der Waals surface area contributed by atoms with Crippen molar-refractivity contribution in [2.75, 3.05) is 10.8 Å². The third-order valence-corrected chi connectivity index (χ3v) is 5.78. The second kappa shape index (κ2) is 7.80. The van der Waals surface area contributed by atoms with Crippen LogP contribution in [0.3, 0.4) is 0 Å². The van der Waals surface area contributed by atoms with E-state index in [1.165, 1.54) is 12.1 Å². The number of carbonyl (C=O) groups is 1. The van der Waals surface area contributed by atoms with Gasteiger partial charge in [-0.1, -0.05) is 54.6 Å². The number of hydrogen-bond donors (Lipinski definition) is 0. The van der Waals surface area contributed by atoms with Gasteiger partial charge < -0.3 is 4.74 Å². The van der Waals surface area contributed by atoms with E-state index in [1.54, 1.807) is 44.2 Å². The third kappa shape index (κ3) is 4.11. The molecule has 6 heteroatoms. The Labute approximate surface area is 159 Å². The Morgan fingerprint density at radius 3 is 2.26 bits per heavy atom. The van der Waals surface area contributed by atoms with E-state index in [-0.39, 0.29) is 11.0 Å². The molecular weight excluding hydrogens is 362 g/mol. The molecule has 0 unspecified atom stereocenters. The maximum absolute atomic E-state index is 13.3. The fourth-order valence-electron chi connectivity index (χ4n) is 2.86. The topological polar surface area (TPSA) is 63.7 Å². The first-order chi connectivity index (χ1) is 12.9. The summed E-state index contributed by atoms with van der Waals surface area (Å²) in [4.78, 5) is 12.4. The molecule has 0 saturated heterocycles. The zero-order valence-electron chi connectivity index (χ0n) is 15.2. The summed E-state index contributed by atoms with van der Waals surface area (Å²) in [6.45, 7) is 3.06. The van der Waals surface area contributed by atoms with Gasteiger partial charge in [-0.3, -0.25) is 9.10 Å². The summed E-state index contributed by atoms with van der Waals surface area (Å²) in [5, 5.41) is 1.64. The molecule has 3 aromatic carbocycles. The van der Waals surface area contributed by atoms with Crippen molar-refractivity contribution in [3.63, 3.8) is 0 Å². The van der Waals surface area contributed by atoms with Crippen molar-refractivity contribution in [2.45, 2.75) is 24.8 Å². The first-order valence-corrected chi connectivity index (χ1v) is 10.1. The van der Waals surface area contributed by atoms with Crippen molar-refractivity contribution < 1.29 is 17.9 Å². The number of rotatable bonds is 6. The maximum atomic E-state index is 13.3. The SMILES string of the molecule is CC(C)OC(=O)CN(c1cccc2ccccc12)S(=O)(=O)c1ccccc1. The van der Waals surface area contributed by atoms with Gasteiger partial charge in [0.1, 0.15) is 6.54 Å². The van der Waals surface area contributed by atoms with E-state index in [0.29, 0.717) is 5.69 Å². The number of benzene rings is 3. The standard InChI is InChI=1S/C21H21NO4S/c1-16(2)26-21(23)15-22(27(24,25)18-11-4-3-5-12-18)20-14-8-10-17-9-6-7-13-19(17)20/h3-14,16H,15H2,1-2H3. The Balaban J connectivity index is 2.14. The van der Waals surface area contributed by atoms with Gasteiger partial charge in [0.2, 0.25) is 0 Å². The van der Waals surface area contributed by atoms with Crippen molar-refractivity contribution >= 4 is 32.5 Å². The molecule has 3 aromatic rings. The summed E-state index contributed by atoms with van der Waals surface area (Å²) < 4.78 is 33.0. The minimum atomic E-state index is -3.94. The van der Waals surface area contributed by atoms with Crippen LogP contribution in [0.4, 0.5) is 5.69 Å². The molecule has 27 heavy (non-hydrogen) atoms. The van der Waals surface area contributed by atoms with Crippen LogP contribution in [0.2, 0.25) is 0 Å². The average molecular weight is 383 g/mol. The number of anilines is 1. The molecule has 0 saturated carbocycles. The predicted molar refractivity (Wildman–Crippen MR) is 106 cm³/mol. The second-order valence-corrected chi connectivity index (χ2v) is 8.22. The van der Waals surface area contributed by atoms with E-state index >= 15 is 0 Å². The van der Waals surface area contributed by atoms with Gasteiger partial charge in [-0.15, -0.1) is 0 Å². The smallest absolute Gasteiger partial charge is 0.327 e. The Morgan fingerprint density at radius 2 is 1.56 bits per heavy atom. The van der Waals surface area contributed by atoms with E-state index in [4.69, 9.17) is 4.74 Å². The second-order valence-electron chi connectivity index (χ2n) is 6.36. The van der Waals surface area contributed by atoms with Crippen LogP contribution in [0, 0.1) is 0 Å². The van der Waals surface area contributed by atoms with Gasteiger partial charge in [0.15, 0.2) is 0 Å². The Kier molecular flexibility index (Phi) is 5.46. The lowest BCUT2D eigenvalue weighted by Gasteiger charge is -2.25. The molecule has 0 aliphatic rings. The van der Waals surface area contributed by atoms with Gasteiger partial charge in [-0.2, -0.15) is 0 Å². The highest BCUT2D eigenvalue weighted by atomic mass is 32.2. The molecule has 0 aliphatic heterocycles. The zero-order valence-corrected chi connectivity index (χ0v) is 16.0. The highest BCUT2D eigenvalue weighted by molar-refractivity contribution is 7.92. The summed E-state index contributed by atoms with van der Waals surface area (Å²) in [5.74, 6) is -0.600. The summed E-state index contributed by atoms with van der Waals surface area (Å²) in [7, 11) is -3.94. The molecular formula is C21H21NO4S. The number of nitrogens with zero attached hydrogens (tertiary/aromatic N) is 1. The molecule has 0 aliphatic carbocycles. The van der Waals surface area contributed by atoms with Gasteiger partial charge >= 0.3 is 5.97 Å². The lowest BCUT2D eigenvalue weighted by Crippen LogP contribution is -2.37. The molecule has 0 amide bonds. The Hall–Kier alpha value is -2.86. The van der Waals surface area contributed by atoms with Gasteiger partial charge in [-0.25, -0.2) is 8.42 Å². The molecule has 3 rings (SSSR count). The Morgan fingerprint density at radius 1 is 0.926 bits per heavy atom. The van der Waals surface area contributed by atoms with E-state index in [0.717, 1.165) is 15.1 Å². The lowest BCUT2D eigenvalue weighted by molar-refractivity contribution is -0.145. The number of sulfonamides is 1. The average Bonchev–Trinajstić information content (AvgIpc) is 2.66. The van der Waals surface area contributed by atoms with Crippen molar-refractivity contribution in [2.24, 2.45) is 0 Å². The monoisotopic (exact) mass is 383 g/mol. The van der Waals surface area contributed by atoms with Gasteiger partial charge in [-0.05, 0) is 37.4 Å². The van der Waals surface area contributed by atoms with Gasteiger partial charge in [0, 0.05) is 5.39 Å². The summed E-state index contributed by atoms with van der Waals surface area (Å²) in [6, 6.07) is 20.9. The van der Waals surface area contributed by atoms with Crippen LogP contribution in [0.1, 0.15) is 13.8 Å². The fourth-order valence-corrected chi connectivity index (χ4v) is 4.31. The summed E-state index contributed by atoms with van der Waals surface area (Å²) in [6.07, 6.45) is -0.328. The quantitative estimate of drug-likeness (QED) is 0.604. The fraction of sp³-hybridized carbons (Fsp3) is 0.190. The molecule has 5 nitrogen and oxygen atoms in total. The number of ether oxygens (including phenoxy) is 1. The number of fused-ring (bicyclic) bond motifs is 1. The molecule has 0 radical (unpaired) electrons. The van der Waals surface area contributed by atoms with Crippen LogP contribution in [0.5, 0.6) is 0 Å². The normalized spacial score (nSPS) is 11.5. The molecule has 0 fully saturated rings. The number of carbonyl (C=O) groups excluding carboxylic acids is 1. The Bertz CT molecular complexity index is 1040. The highest BCUT2D eigenvalue weighted by Gasteiger charge is 2.29. The molecule has 0 N–H and O–H groups in total. The number of esters is 1. The maximum Gasteiger partial charge on any atom is 0.327 e. The van der Waals surface area contributed by atoms with Crippen LogP contribution < -0.4 is 4.31 Å². The van der Waals surface area contributed by atoms with Gasteiger partial charge in [0.25, 0.3) is 10.0 Å². The minimum absolute atomic E-state index is 0.121. The first-order valence-electron chi connectivity index (χ1n) is 8.64. The van der Waals surface area contributed by atoms with E-state index < -0.39 is 22.5 Å². The largest absolute Gasteiger partial charge is 0.462 e. The van der Waals surface area contributed by atoms with Crippen LogP contribution in [0.15, 0.2) is 77.7 Å². The molecule has 0 bridgehead atoms. The molecule has 0 spiro atoms. The van der Waals surface area contributed by atoms with Crippen molar-refractivity contribution in [3.05, 3.63) is 72.8 Å². The molecule has 0 atom stereocenters. The molecule has 0 aromatic heterocycles. The van der Waals surface area contributed by atoms with E-state index in [9.17, 15) is 13.2 Å². The predicted octanol–water partition coefficient (Wildman–Crippen LogP) is 3.99. The third-order valence-electron chi connectivity index (χ3n) is 4.01. The lowest BCUT2D eigenvalue weighted by atomic mass is 10.1. The summed E-state index contributed by atoms with van der Waals surface area (Å²) >= 11 is 0. The van der Waals surface area contributed by atoms with Crippen molar-refractivity contribution in [1.82, 2.24) is 0 Å². The molecule has 140 valence electrons. The van der Waals surface area contributed by atoms with Gasteiger partial charge in [0.05, 0.1) is 16.7 Å². The van der Waals surface area contributed by atoms with Crippen molar-refractivity contribution in [3.8, 4) is 0 Å². The van der Waals surface area contributed by atoms with Crippen molar-refractivity contribution in [1.29, 1.82) is 0 Å². The summed E-state index contributed by atoms with van der Waals surface area (Å²) in [5.41, 5.74) is 0.442. The van der Waals surface area contributed by atoms with E-state index in [1.807, 2.05) is 30.3 Å². The van der Waals surface area contributed by atoms with E-state index in [2.05, 4.69) is 0 Å². The highest BCUT2D eigenvalue weighted by Crippen LogP contribution is 2.31. The van der Waals surface area contributed by atoms with Crippen LogP contribution in [-0.2, 0) is 19.6 Å². The molecule has 0 heterocycles. The van der Waals surface area contributed by atoms with Crippen LogP contribution in [0.25, 0.3) is 10.8 Å². The van der Waals surface area contributed by atoms with Crippen LogP contribution >= 0.6 is 0 Å². The zero-order chi connectivity index (χ0) is 19.4.